The van der Waals surface area contributed by atoms with Crippen LogP contribution in [0.3, 0.4) is 0 Å². The molecule has 36 heavy (non-hydrogen) atoms. The monoisotopic (exact) mass is 520 g/mol. The Morgan fingerprint density at radius 3 is 2.19 bits per heavy atom. The van der Waals surface area contributed by atoms with E-state index in [0.29, 0.717) is 13.1 Å². The van der Waals surface area contributed by atoms with Crippen LogP contribution in [-0.4, -0.2) is 59.6 Å². The highest BCUT2D eigenvalue weighted by atomic mass is 35.5. The van der Waals surface area contributed by atoms with E-state index in [2.05, 4.69) is 69.0 Å². The fourth-order valence-corrected chi connectivity index (χ4v) is 5.73. The molecule has 0 amide bonds. The summed E-state index contributed by atoms with van der Waals surface area (Å²) >= 11 is 6.16. The van der Waals surface area contributed by atoms with E-state index in [-0.39, 0.29) is 0 Å². The Bertz CT molecular complexity index is 1410. The molecule has 0 atom stereocenters. The van der Waals surface area contributed by atoms with Gasteiger partial charge in [0.05, 0.1) is 12.6 Å². The van der Waals surface area contributed by atoms with E-state index in [1.165, 1.54) is 22.9 Å². The number of imidazole rings is 1. The number of benzene rings is 3. The Balaban J connectivity index is 1.42. The number of aromatic nitrogens is 2. The van der Waals surface area contributed by atoms with Crippen molar-refractivity contribution in [3.05, 3.63) is 102 Å². The molecular formula is C28H29ClN4O2S. The topological polar surface area (TPSA) is 58.4 Å². The van der Waals surface area contributed by atoms with Crippen molar-refractivity contribution in [2.45, 2.75) is 13.1 Å². The number of sulfonamides is 1. The zero-order valence-electron chi connectivity index (χ0n) is 20.2. The number of piperazine rings is 1. The number of nitrogens with zero attached hydrogens (tertiary/aromatic N) is 4. The van der Waals surface area contributed by atoms with Gasteiger partial charge in [-0.05, 0) is 45.5 Å². The van der Waals surface area contributed by atoms with Crippen molar-refractivity contribution in [1.82, 2.24) is 18.8 Å². The van der Waals surface area contributed by atoms with Crippen LogP contribution in [0.4, 0.5) is 0 Å². The fraction of sp³-hybridized carbons (Fsp3) is 0.250. The molecule has 1 aliphatic rings. The molecule has 1 saturated heterocycles. The van der Waals surface area contributed by atoms with E-state index in [9.17, 15) is 8.42 Å². The van der Waals surface area contributed by atoms with E-state index in [1.54, 1.807) is 10.5 Å². The molecule has 3 aromatic carbocycles. The maximum atomic E-state index is 11.8. The second-order valence-electron chi connectivity index (χ2n) is 9.22. The molecule has 8 heteroatoms. The van der Waals surface area contributed by atoms with Crippen molar-refractivity contribution in [3.8, 4) is 22.3 Å². The van der Waals surface area contributed by atoms with Crippen LogP contribution in [0.25, 0.3) is 22.3 Å². The Hall–Kier alpha value is -2.97. The van der Waals surface area contributed by atoms with Crippen LogP contribution in [0, 0.1) is 0 Å². The maximum Gasteiger partial charge on any atom is 0.211 e. The lowest BCUT2D eigenvalue weighted by Gasteiger charge is -2.33. The maximum absolute atomic E-state index is 11.8. The van der Waals surface area contributed by atoms with Gasteiger partial charge in [-0.2, -0.15) is 4.31 Å². The Morgan fingerprint density at radius 1 is 0.861 bits per heavy atom. The van der Waals surface area contributed by atoms with Crippen molar-refractivity contribution >= 4 is 21.6 Å². The van der Waals surface area contributed by atoms with Gasteiger partial charge in [-0.25, -0.2) is 13.4 Å². The average Bonchev–Trinajstić information content (AvgIpc) is 3.38. The first-order valence-corrected chi connectivity index (χ1v) is 14.2. The lowest BCUT2D eigenvalue weighted by molar-refractivity contribution is 0.182. The predicted octanol–water partition coefficient (Wildman–Crippen LogP) is 5.00. The van der Waals surface area contributed by atoms with Crippen molar-refractivity contribution in [3.63, 3.8) is 0 Å². The average molecular weight is 521 g/mol. The first kappa shape index (κ1) is 24.7. The van der Waals surface area contributed by atoms with E-state index in [4.69, 9.17) is 11.6 Å². The summed E-state index contributed by atoms with van der Waals surface area (Å²) in [6, 6.07) is 23.1. The van der Waals surface area contributed by atoms with Crippen molar-refractivity contribution in [2.24, 2.45) is 0 Å². The first-order chi connectivity index (χ1) is 17.4. The van der Waals surface area contributed by atoms with Crippen LogP contribution in [0.1, 0.15) is 11.1 Å². The van der Waals surface area contributed by atoms with Gasteiger partial charge in [-0.15, -0.1) is 0 Å². The highest BCUT2D eigenvalue weighted by Crippen LogP contribution is 2.36. The third-order valence-electron chi connectivity index (χ3n) is 6.67. The third kappa shape index (κ3) is 5.71. The Labute approximate surface area is 217 Å². The minimum absolute atomic E-state index is 0.545. The molecule has 4 aromatic rings. The summed E-state index contributed by atoms with van der Waals surface area (Å²) in [7, 11) is -3.12. The third-order valence-corrected chi connectivity index (χ3v) is 8.22. The zero-order chi connectivity index (χ0) is 25.1. The highest BCUT2D eigenvalue weighted by molar-refractivity contribution is 7.88. The summed E-state index contributed by atoms with van der Waals surface area (Å²) in [5.74, 6) is 0. The van der Waals surface area contributed by atoms with Gasteiger partial charge in [-0.1, -0.05) is 66.2 Å². The molecule has 5 rings (SSSR count). The molecule has 1 fully saturated rings. The van der Waals surface area contributed by atoms with Crippen LogP contribution in [0.15, 0.2) is 85.5 Å². The largest absolute Gasteiger partial charge is 0.333 e. The normalized spacial score (nSPS) is 15.3. The molecule has 6 nitrogen and oxygen atoms in total. The molecule has 0 bridgehead atoms. The van der Waals surface area contributed by atoms with E-state index in [1.807, 2.05) is 24.7 Å². The molecule has 0 saturated carbocycles. The molecule has 0 radical (unpaired) electrons. The molecular weight excluding hydrogens is 492 g/mol. The first-order valence-electron chi connectivity index (χ1n) is 12.0. The van der Waals surface area contributed by atoms with Crippen LogP contribution in [0.5, 0.6) is 0 Å². The van der Waals surface area contributed by atoms with Crippen molar-refractivity contribution < 1.29 is 8.42 Å². The molecule has 0 spiro atoms. The second-order valence-corrected chi connectivity index (χ2v) is 11.6. The lowest BCUT2D eigenvalue weighted by atomic mass is 9.90. The van der Waals surface area contributed by atoms with Gasteiger partial charge in [0.25, 0.3) is 0 Å². The molecule has 0 aliphatic carbocycles. The van der Waals surface area contributed by atoms with Gasteiger partial charge in [0.2, 0.25) is 10.0 Å². The minimum atomic E-state index is -3.12. The summed E-state index contributed by atoms with van der Waals surface area (Å²) in [6.07, 6.45) is 6.90. The van der Waals surface area contributed by atoms with E-state index in [0.717, 1.165) is 47.9 Å². The van der Waals surface area contributed by atoms with Crippen molar-refractivity contribution in [2.75, 3.05) is 32.4 Å². The quantitative estimate of drug-likeness (QED) is 0.344. The summed E-state index contributed by atoms with van der Waals surface area (Å²) in [5, 5.41) is 0.719. The molecule has 1 aliphatic heterocycles. The van der Waals surface area contributed by atoms with Gasteiger partial charge in [0.15, 0.2) is 0 Å². The van der Waals surface area contributed by atoms with Gasteiger partial charge in [0, 0.05) is 56.7 Å². The SMILES string of the molecule is CS(=O)(=O)N1CCN(Cc2ccc(-c3c(Cn4ccnc4)cccc3-c3ccc(Cl)cc3)cc2)CC1. The predicted molar refractivity (Wildman–Crippen MR) is 145 cm³/mol. The van der Waals surface area contributed by atoms with Crippen LogP contribution in [0.2, 0.25) is 5.02 Å². The van der Waals surface area contributed by atoms with Gasteiger partial charge < -0.3 is 4.57 Å². The molecule has 186 valence electrons. The lowest BCUT2D eigenvalue weighted by Crippen LogP contribution is -2.47. The summed E-state index contributed by atoms with van der Waals surface area (Å²) < 4.78 is 27.2. The summed E-state index contributed by atoms with van der Waals surface area (Å²) in [6.45, 7) is 4.10. The van der Waals surface area contributed by atoms with E-state index >= 15 is 0 Å². The Kier molecular flexibility index (Phi) is 7.25. The number of halogens is 1. The van der Waals surface area contributed by atoms with Gasteiger partial charge >= 0.3 is 0 Å². The molecule has 1 aromatic heterocycles. The number of rotatable bonds is 7. The highest BCUT2D eigenvalue weighted by Gasteiger charge is 2.23. The van der Waals surface area contributed by atoms with Crippen LogP contribution < -0.4 is 0 Å². The number of hydrogen-bond acceptors (Lipinski definition) is 4. The minimum Gasteiger partial charge on any atom is -0.333 e. The molecule has 0 unspecified atom stereocenters. The number of hydrogen-bond donors (Lipinski definition) is 0. The van der Waals surface area contributed by atoms with Crippen molar-refractivity contribution in [1.29, 1.82) is 0 Å². The smallest absolute Gasteiger partial charge is 0.211 e. The Morgan fingerprint density at radius 2 is 1.56 bits per heavy atom. The summed E-state index contributed by atoms with van der Waals surface area (Å²) in [4.78, 5) is 6.51. The van der Waals surface area contributed by atoms with Gasteiger partial charge in [-0.3, -0.25) is 4.90 Å². The second kappa shape index (κ2) is 10.6. The van der Waals surface area contributed by atoms with Crippen LogP contribution in [-0.2, 0) is 23.1 Å². The fourth-order valence-electron chi connectivity index (χ4n) is 4.77. The molecule has 2 heterocycles. The van der Waals surface area contributed by atoms with E-state index < -0.39 is 10.0 Å². The summed E-state index contributed by atoms with van der Waals surface area (Å²) in [5.41, 5.74) is 7.06. The van der Waals surface area contributed by atoms with Gasteiger partial charge in [0.1, 0.15) is 0 Å². The standard InChI is InChI=1S/C28H29ClN4O2S/c1-36(34,35)33-17-15-31(16-18-33)19-22-5-7-24(8-6-22)28-25(20-32-14-13-30-21-32)3-2-4-27(28)23-9-11-26(29)12-10-23/h2-14,21H,15-20H2,1H3. The zero-order valence-corrected chi connectivity index (χ0v) is 21.8. The van der Waals surface area contributed by atoms with Crippen LogP contribution >= 0.6 is 11.6 Å². The molecule has 0 N–H and O–H groups in total.